The van der Waals surface area contributed by atoms with Crippen molar-refractivity contribution in [1.82, 2.24) is 19.9 Å². The Morgan fingerprint density at radius 3 is 2.67 bits per heavy atom. The van der Waals surface area contributed by atoms with E-state index in [1.54, 1.807) is 25.6 Å². The fourth-order valence-electron chi connectivity index (χ4n) is 5.43. The molecule has 0 unspecified atom stereocenters. The second-order valence-electron chi connectivity index (χ2n) is 11.2. The topological polar surface area (TPSA) is 117 Å². The van der Waals surface area contributed by atoms with Crippen LogP contribution in [0.2, 0.25) is 0 Å². The normalized spacial score (nSPS) is 12.1. The van der Waals surface area contributed by atoms with Crippen LogP contribution < -0.4 is 25.7 Å². The summed E-state index contributed by atoms with van der Waals surface area (Å²) in [5.74, 6) is -1.42. The zero-order valence-electron chi connectivity index (χ0n) is 26.2. The summed E-state index contributed by atoms with van der Waals surface area (Å²) in [5, 5.41) is 5.90. The highest BCUT2D eigenvalue weighted by atomic mass is 32.1. The molecule has 0 saturated carbocycles. The van der Waals surface area contributed by atoms with Crippen LogP contribution in [0.3, 0.4) is 0 Å². The highest BCUT2D eigenvalue weighted by Gasteiger charge is 2.27. The number of amides is 1. The van der Waals surface area contributed by atoms with Gasteiger partial charge < -0.3 is 24.8 Å². The molecule has 248 valence electrons. The Labute approximate surface area is 282 Å². The number of nitrogens with one attached hydrogen (secondary N) is 2. The van der Waals surface area contributed by atoms with E-state index in [9.17, 15) is 14.0 Å². The zero-order valence-corrected chi connectivity index (χ0v) is 27.0. The van der Waals surface area contributed by atoms with Crippen molar-refractivity contribution in [2.45, 2.75) is 13.0 Å². The number of carbonyl (C=O) groups excluding carboxylic acids is 1. The van der Waals surface area contributed by atoms with Crippen LogP contribution in [0, 0.1) is 11.6 Å². The maximum atomic E-state index is 15.4. The number of pyridine rings is 3. The Morgan fingerprint density at radius 2 is 1.90 bits per heavy atom. The number of aromatic nitrogens is 3. The van der Waals surface area contributed by atoms with Gasteiger partial charge in [0.15, 0.2) is 11.6 Å². The van der Waals surface area contributed by atoms with E-state index in [0.29, 0.717) is 48.7 Å². The van der Waals surface area contributed by atoms with E-state index in [1.807, 2.05) is 24.4 Å². The van der Waals surface area contributed by atoms with Crippen LogP contribution in [-0.4, -0.2) is 47.3 Å². The second-order valence-corrected chi connectivity index (χ2v) is 12.2. The van der Waals surface area contributed by atoms with Crippen LogP contribution in [0.5, 0.6) is 17.2 Å². The molecule has 7 rings (SSSR count). The lowest BCUT2D eigenvalue weighted by Gasteiger charge is -2.14. The fraction of sp³-hybridized carbons (Fsp3) is 0.167. The summed E-state index contributed by atoms with van der Waals surface area (Å²) in [6.07, 6.45) is 5.48. The van der Waals surface area contributed by atoms with E-state index < -0.39 is 23.1 Å². The summed E-state index contributed by atoms with van der Waals surface area (Å²) >= 11 is 1.43. The largest absolute Gasteiger partial charge is 0.492 e. The maximum Gasteiger partial charge on any atom is 0.271 e. The van der Waals surface area contributed by atoms with Crippen molar-refractivity contribution < 1.29 is 27.8 Å². The number of anilines is 1. The van der Waals surface area contributed by atoms with E-state index in [4.69, 9.17) is 14.2 Å². The molecule has 0 spiro atoms. The molecule has 6 aromatic rings. The molecule has 1 aliphatic rings. The first-order chi connectivity index (χ1) is 23.9. The van der Waals surface area contributed by atoms with Gasteiger partial charge in [-0.1, -0.05) is 6.07 Å². The van der Waals surface area contributed by atoms with E-state index in [1.165, 1.54) is 52.3 Å². The number of halogens is 2. The average molecular weight is 682 g/mol. The van der Waals surface area contributed by atoms with Crippen LogP contribution in [0.1, 0.15) is 21.5 Å². The van der Waals surface area contributed by atoms with Crippen LogP contribution in [0.15, 0.2) is 90.1 Å². The molecule has 0 saturated heterocycles. The minimum atomic E-state index is -0.765. The smallest absolute Gasteiger partial charge is 0.271 e. The predicted octanol–water partition coefficient (Wildman–Crippen LogP) is 6.50. The first-order valence-electron chi connectivity index (χ1n) is 15.4. The summed E-state index contributed by atoms with van der Waals surface area (Å²) in [4.78, 5) is 36.8. The molecule has 13 heteroatoms. The lowest BCUT2D eigenvalue weighted by molar-refractivity contribution is 0.102. The standard InChI is InChI=1S/C36H29F2N5O5S/c1-46-15-13-39-18-21-2-8-27(41-19-21)31-17-28-34(49-31)30(10-12-40-28)48-29-9-5-24(16-26(29)38)42-35(44)32-33-22(11-14-47-33)20-43(36(32)45)25-6-3-23(37)4-7-25/h2-10,12,16-17,19-20,39H,11,13-15,18H2,1H3,(H,42,44). The number of fused-ring (bicyclic) bond motifs is 2. The number of rotatable bonds is 11. The molecule has 10 nitrogen and oxygen atoms in total. The number of hydrogen-bond donors (Lipinski definition) is 2. The fourth-order valence-corrected chi connectivity index (χ4v) is 6.47. The number of thiophene rings is 1. The van der Waals surface area contributed by atoms with Gasteiger partial charge in [-0.2, -0.15) is 0 Å². The Hall–Kier alpha value is -5.50. The minimum Gasteiger partial charge on any atom is -0.492 e. The van der Waals surface area contributed by atoms with Gasteiger partial charge in [-0.3, -0.25) is 24.1 Å². The number of benzene rings is 2. The summed E-state index contributed by atoms with van der Waals surface area (Å²) in [5.41, 5.74) is 2.78. The van der Waals surface area contributed by atoms with Crippen LogP contribution in [0.4, 0.5) is 14.5 Å². The van der Waals surface area contributed by atoms with Crippen molar-refractivity contribution in [1.29, 1.82) is 0 Å². The van der Waals surface area contributed by atoms with Crippen molar-refractivity contribution in [2.24, 2.45) is 0 Å². The molecule has 0 bridgehead atoms. The lowest BCUT2D eigenvalue weighted by atomic mass is 10.1. The van der Waals surface area contributed by atoms with Crippen LogP contribution in [-0.2, 0) is 17.7 Å². The first-order valence-corrected chi connectivity index (χ1v) is 16.2. The Kier molecular flexibility index (Phi) is 9.11. The molecule has 2 aromatic carbocycles. The molecule has 0 fully saturated rings. The molecule has 1 aliphatic heterocycles. The summed E-state index contributed by atoms with van der Waals surface area (Å²) in [6.45, 7) is 2.35. The molecular weight excluding hydrogens is 652 g/mol. The van der Waals surface area contributed by atoms with Gasteiger partial charge in [-0.15, -0.1) is 11.3 Å². The third-order valence-electron chi connectivity index (χ3n) is 7.86. The minimum absolute atomic E-state index is 0.0634. The highest BCUT2D eigenvalue weighted by Crippen LogP contribution is 2.39. The molecule has 2 N–H and O–H groups in total. The van der Waals surface area contributed by atoms with Gasteiger partial charge in [-0.05, 0) is 54.1 Å². The predicted molar refractivity (Wildman–Crippen MR) is 182 cm³/mol. The van der Waals surface area contributed by atoms with Crippen molar-refractivity contribution >= 4 is 33.1 Å². The third kappa shape index (κ3) is 6.77. The molecule has 49 heavy (non-hydrogen) atoms. The van der Waals surface area contributed by atoms with Crippen LogP contribution in [0.25, 0.3) is 26.5 Å². The van der Waals surface area contributed by atoms with Gasteiger partial charge in [-0.25, -0.2) is 8.78 Å². The van der Waals surface area contributed by atoms with Gasteiger partial charge in [0.1, 0.15) is 22.9 Å². The van der Waals surface area contributed by atoms with Gasteiger partial charge in [0.2, 0.25) is 0 Å². The van der Waals surface area contributed by atoms with Crippen molar-refractivity contribution in [2.75, 3.05) is 32.2 Å². The van der Waals surface area contributed by atoms with Gasteiger partial charge in [0, 0.05) is 74.3 Å². The Balaban J connectivity index is 1.09. The Morgan fingerprint density at radius 1 is 1.04 bits per heavy atom. The highest BCUT2D eigenvalue weighted by molar-refractivity contribution is 7.22. The maximum absolute atomic E-state index is 15.4. The summed E-state index contributed by atoms with van der Waals surface area (Å²) < 4.78 is 47.6. The Bertz CT molecular complexity index is 2220. The molecule has 4 aromatic heterocycles. The lowest BCUT2D eigenvalue weighted by Crippen LogP contribution is -2.29. The number of methoxy groups -OCH3 is 1. The second kappa shape index (κ2) is 13.9. The monoisotopic (exact) mass is 681 g/mol. The van der Waals surface area contributed by atoms with Crippen molar-refractivity contribution in [3.8, 4) is 33.5 Å². The molecule has 0 atom stereocenters. The van der Waals surface area contributed by atoms with E-state index in [2.05, 4.69) is 20.6 Å². The van der Waals surface area contributed by atoms with E-state index in [-0.39, 0.29) is 22.7 Å². The number of hydrogen-bond acceptors (Lipinski definition) is 9. The molecule has 0 aliphatic carbocycles. The van der Waals surface area contributed by atoms with Crippen LogP contribution >= 0.6 is 11.3 Å². The van der Waals surface area contributed by atoms with Gasteiger partial charge in [0.25, 0.3) is 11.5 Å². The van der Waals surface area contributed by atoms with Crippen molar-refractivity contribution in [3.63, 3.8) is 0 Å². The number of carbonyl (C=O) groups is 1. The van der Waals surface area contributed by atoms with Gasteiger partial charge >= 0.3 is 0 Å². The van der Waals surface area contributed by atoms with Crippen molar-refractivity contribution in [3.05, 3.63) is 124 Å². The molecule has 5 heterocycles. The molecular formula is C36H29F2N5O5S. The average Bonchev–Trinajstić information content (AvgIpc) is 3.76. The van der Waals surface area contributed by atoms with Gasteiger partial charge in [0.05, 0.1) is 34.0 Å². The first kappa shape index (κ1) is 32.1. The number of ether oxygens (including phenoxy) is 3. The quantitative estimate of drug-likeness (QED) is 0.149. The zero-order chi connectivity index (χ0) is 33.9. The number of nitrogens with zero attached hydrogens (tertiary/aromatic N) is 3. The third-order valence-corrected chi connectivity index (χ3v) is 9.02. The SMILES string of the molecule is COCCNCc1ccc(-c2cc3nccc(Oc4ccc(NC(=O)c5c6c(cn(-c7ccc(F)cc7)c5=O)CCO6)cc4F)c3s2)nc1. The summed E-state index contributed by atoms with van der Waals surface area (Å²) in [6, 6.07) is 16.9. The van der Waals surface area contributed by atoms with E-state index >= 15 is 4.39 Å². The summed E-state index contributed by atoms with van der Waals surface area (Å²) in [7, 11) is 1.66. The molecule has 1 amide bonds. The van der Waals surface area contributed by atoms with E-state index in [0.717, 1.165) is 33.4 Å². The molecule has 0 radical (unpaired) electrons.